The molecule has 182 valence electrons. The predicted octanol–water partition coefficient (Wildman–Crippen LogP) is 3.51. The summed E-state index contributed by atoms with van der Waals surface area (Å²) in [7, 11) is 0. The molecule has 8 heteroatoms. The number of nitrogens with one attached hydrogen (secondary N) is 1. The fourth-order valence-corrected chi connectivity index (χ4v) is 4.08. The third kappa shape index (κ3) is 7.30. The van der Waals surface area contributed by atoms with Crippen LogP contribution in [0.3, 0.4) is 0 Å². The summed E-state index contributed by atoms with van der Waals surface area (Å²) in [5, 5.41) is 2.66. The largest absolute Gasteiger partial charge is 0.484 e. The van der Waals surface area contributed by atoms with Crippen LogP contribution >= 0.6 is 0 Å². The number of hydrogen-bond acceptors (Lipinski definition) is 5. The minimum absolute atomic E-state index is 0.0476. The van der Waals surface area contributed by atoms with E-state index < -0.39 is 18.5 Å². The van der Waals surface area contributed by atoms with E-state index in [0.717, 1.165) is 24.8 Å². The molecule has 2 aromatic rings. The topological polar surface area (TPSA) is 84.9 Å². The first-order valence-corrected chi connectivity index (χ1v) is 11.6. The molecule has 2 amide bonds. The van der Waals surface area contributed by atoms with Crippen molar-refractivity contribution in [2.75, 3.05) is 19.8 Å². The summed E-state index contributed by atoms with van der Waals surface area (Å²) >= 11 is 0. The lowest BCUT2D eigenvalue weighted by atomic mass is 9.97. The first-order chi connectivity index (χ1) is 16.3. The molecule has 2 aromatic carbocycles. The maximum atomic E-state index is 12.9. The summed E-state index contributed by atoms with van der Waals surface area (Å²) in [5.74, 6) is -0.939. The molecule has 3 rings (SSSR count). The van der Waals surface area contributed by atoms with Gasteiger partial charge < -0.3 is 19.7 Å². The number of amides is 2. The molecule has 0 bridgehead atoms. The Morgan fingerprint density at radius 2 is 1.62 bits per heavy atom. The van der Waals surface area contributed by atoms with Crippen molar-refractivity contribution in [3.63, 3.8) is 0 Å². The number of piperidine rings is 1. The highest BCUT2D eigenvalue weighted by atomic mass is 19.1. The van der Waals surface area contributed by atoms with Gasteiger partial charge in [0.1, 0.15) is 11.6 Å². The molecule has 1 aliphatic rings. The number of nitrogens with zero attached hydrogens (tertiary/aromatic N) is 1. The van der Waals surface area contributed by atoms with Gasteiger partial charge in [0.2, 0.25) is 0 Å². The second-order valence-electron chi connectivity index (χ2n) is 8.55. The minimum Gasteiger partial charge on any atom is -0.484 e. The van der Waals surface area contributed by atoms with Crippen molar-refractivity contribution >= 4 is 17.8 Å². The van der Waals surface area contributed by atoms with Gasteiger partial charge in [-0.3, -0.25) is 9.59 Å². The van der Waals surface area contributed by atoms with E-state index in [0.29, 0.717) is 18.7 Å². The molecule has 2 unspecified atom stereocenters. The number of likely N-dealkylation sites (tertiary alicyclic amines) is 1. The van der Waals surface area contributed by atoms with Gasteiger partial charge in [0.05, 0.1) is 5.56 Å². The summed E-state index contributed by atoms with van der Waals surface area (Å²) < 4.78 is 23.6. The van der Waals surface area contributed by atoms with Crippen molar-refractivity contribution in [3.8, 4) is 5.75 Å². The molecular weight excluding hydrogens is 439 g/mol. The van der Waals surface area contributed by atoms with Gasteiger partial charge in [-0.2, -0.15) is 0 Å². The Bertz CT molecular complexity index is 968. The van der Waals surface area contributed by atoms with Crippen LogP contribution in [0.4, 0.5) is 4.39 Å². The normalized spacial score (nSPS) is 17.7. The molecule has 1 aliphatic heterocycles. The monoisotopic (exact) mass is 470 g/mol. The van der Waals surface area contributed by atoms with E-state index in [9.17, 15) is 18.8 Å². The van der Waals surface area contributed by atoms with Gasteiger partial charge in [-0.05, 0) is 81.5 Å². The zero-order chi connectivity index (χ0) is 24.5. The number of rotatable bonds is 9. The van der Waals surface area contributed by atoms with Gasteiger partial charge in [-0.1, -0.05) is 12.1 Å². The summed E-state index contributed by atoms with van der Waals surface area (Å²) in [6, 6.07) is 12.7. The van der Waals surface area contributed by atoms with Crippen molar-refractivity contribution in [2.45, 2.75) is 51.6 Å². The number of hydrogen-bond donors (Lipinski definition) is 1. The van der Waals surface area contributed by atoms with Crippen LogP contribution in [0, 0.1) is 5.82 Å². The molecule has 1 N–H and O–H groups in total. The lowest BCUT2D eigenvalue weighted by Crippen LogP contribution is -2.49. The zero-order valence-corrected chi connectivity index (χ0v) is 19.6. The molecule has 0 spiro atoms. The van der Waals surface area contributed by atoms with Gasteiger partial charge in [-0.25, -0.2) is 9.18 Å². The van der Waals surface area contributed by atoms with Gasteiger partial charge >= 0.3 is 5.97 Å². The fourth-order valence-electron chi connectivity index (χ4n) is 4.08. The number of carbonyl (C=O) groups excluding carboxylic acids is 3. The van der Waals surface area contributed by atoms with Crippen molar-refractivity contribution in [1.29, 1.82) is 0 Å². The molecular formula is C26H31FN2O5. The maximum Gasteiger partial charge on any atom is 0.338 e. The third-order valence-electron chi connectivity index (χ3n) is 5.92. The average molecular weight is 471 g/mol. The van der Waals surface area contributed by atoms with Gasteiger partial charge in [0.15, 0.2) is 13.2 Å². The Kier molecular flexibility index (Phi) is 9.01. The molecule has 0 saturated carbocycles. The van der Waals surface area contributed by atoms with E-state index in [1.54, 1.807) is 24.3 Å². The summed E-state index contributed by atoms with van der Waals surface area (Å²) in [5.41, 5.74) is 1.17. The fraction of sp³-hybridized carbons (Fsp3) is 0.423. The predicted molar refractivity (Wildman–Crippen MR) is 125 cm³/mol. The lowest BCUT2D eigenvalue weighted by Gasteiger charge is -2.38. The van der Waals surface area contributed by atoms with Crippen molar-refractivity contribution in [3.05, 3.63) is 65.5 Å². The summed E-state index contributed by atoms with van der Waals surface area (Å²) in [6.45, 7) is 4.00. The Morgan fingerprint density at radius 3 is 2.26 bits per heavy atom. The van der Waals surface area contributed by atoms with E-state index in [2.05, 4.69) is 19.2 Å². The molecule has 7 nitrogen and oxygen atoms in total. The molecule has 34 heavy (non-hydrogen) atoms. The van der Waals surface area contributed by atoms with E-state index in [1.807, 2.05) is 4.90 Å². The maximum absolute atomic E-state index is 12.9. The smallest absolute Gasteiger partial charge is 0.338 e. The molecule has 0 aliphatic carbocycles. The van der Waals surface area contributed by atoms with E-state index in [1.165, 1.54) is 24.3 Å². The first-order valence-electron chi connectivity index (χ1n) is 11.6. The van der Waals surface area contributed by atoms with Crippen LogP contribution in [0.5, 0.6) is 5.75 Å². The number of benzene rings is 2. The Balaban J connectivity index is 1.38. The SMILES string of the molecule is CC1CCCC(C)N1C(=O)COc1ccc(C(=O)OCC(=O)NCCc2ccc(F)cc2)cc1. The second-order valence-corrected chi connectivity index (χ2v) is 8.55. The highest BCUT2D eigenvalue weighted by Gasteiger charge is 2.29. The van der Waals surface area contributed by atoms with Gasteiger partial charge in [0.25, 0.3) is 11.8 Å². The number of halogens is 1. The van der Waals surface area contributed by atoms with E-state index in [-0.39, 0.29) is 36.0 Å². The highest BCUT2D eigenvalue weighted by Crippen LogP contribution is 2.23. The zero-order valence-electron chi connectivity index (χ0n) is 19.6. The molecule has 1 heterocycles. The van der Waals surface area contributed by atoms with Crippen LogP contribution in [0.25, 0.3) is 0 Å². The van der Waals surface area contributed by atoms with Gasteiger partial charge in [0, 0.05) is 18.6 Å². The van der Waals surface area contributed by atoms with Crippen LogP contribution < -0.4 is 10.1 Å². The van der Waals surface area contributed by atoms with Crippen LogP contribution in [-0.2, 0) is 20.7 Å². The molecule has 1 saturated heterocycles. The number of ether oxygens (including phenoxy) is 2. The van der Waals surface area contributed by atoms with E-state index >= 15 is 0 Å². The summed E-state index contributed by atoms with van der Waals surface area (Å²) in [4.78, 5) is 38.5. The van der Waals surface area contributed by atoms with E-state index in [4.69, 9.17) is 9.47 Å². The highest BCUT2D eigenvalue weighted by molar-refractivity contribution is 5.91. The molecule has 0 aromatic heterocycles. The molecule has 0 radical (unpaired) electrons. The van der Waals surface area contributed by atoms with Crippen LogP contribution in [0.2, 0.25) is 0 Å². The Labute approximate surface area is 199 Å². The van der Waals surface area contributed by atoms with Crippen molar-refractivity contribution < 1.29 is 28.2 Å². The average Bonchev–Trinajstić information content (AvgIpc) is 2.82. The number of esters is 1. The van der Waals surface area contributed by atoms with Crippen LogP contribution in [0.15, 0.2) is 48.5 Å². The van der Waals surface area contributed by atoms with Crippen LogP contribution in [-0.4, -0.2) is 54.5 Å². The second kappa shape index (κ2) is 12.2. The van der Waals surface area contributed by atoms with Gasteiger partial charge in [-0.15, -0.1) is 0 Å². The standard InChI is InChI=1S/C26H31FN2O5/c1-18-4-3-5-19(2)29(18)25(31)17-33-23-12-8-21(9-13-23)26(32)34-16-24(30)28-15-14-20-6-10-22(27)11-7-20/h6-13,18-19H,3-5,14-17H2,1-2H3,(H,28,30). The van der Waals surface area contributed by atoms with Crippen LogP contribution in [0.1, 0.15) is 49.0 Å². The Morgan fingerprint density at radius 1 is 0.971 bits per heavy atom. The van der Waals surface area contributed by atoms with Crippen molar-refractivity contribution in [2.24, 2.45) is 0 Å². The lowest BCUT2D eigenvalue weighted by molar-refractivity contribution is -0.139. The quantitative estimate of drug-likeness (QED) is 0.567. The number of carbonyl (C=O) groups is 3. The van der Waals surface area contributed by atoms with Crippen molar-refractivity contribution in [1.82, 2.24) is 10.2 Å². The molecule has 1 fully saturated rings. The minimum atomic E-state index is -0.632. The third-order valence-corrected chi connectivity index (χ3v) is 5.92. The molecule has 2 atom stereocenters. The summed E-state index contributed by atoms with van der Waals surface area (Å²) in [6.07, 6.45) is 3.67. The first kappa shape index (κ1) is 25.2. The Hall–Kier alpha value is -3.42.